The second kappa shape index (κ2) is 12.5. The lowest BCUT2D eigenvalue weighted by atomic mass is 10.1. The van der Waals surface area contributed by atoms with Crippen LogP contribution in [-0.2, 0) is 4.79 Å². The molecular weight excluding hydrogens is 234 g/mol. The van der Waals surface area contributed by atoms with E-state index < -0.39 is 0 Å². The molecule has 2 heteroatoms. The summed E-state index contributed by atoms with van der Waals surface area (Å²) < 4.78 is 0. The van der Waals surface area contributed by atoms with E-state index in [-0.39, 0.29) is 0 Å². The molecule has 0 N–H and O–H groups in total. The SMILES string of the molecule is CCCCCCC(=O)N(CCCCCC)C(C)CC. The standard InChI is InChI=1S/C17H35NO/c1-5-8-10-12-14-17(19)18(16(4)7-3)15-13-11-9-6-2/h16H,5-15H2,1-4H3. The average molecular weight is 269 g/mol. The fourth-order valence-corrected chi connectivity index (χ4v) is 2.37. The van der Waals surface area contributed by atoms with Gasteiger partial charge in [0.1, 0.15) is 0 Å². The minimum absolute atomic E-state index is 0.377. The highest BCUT2D eigenvalue weighted by molar-refractivity contribution is 5.76. The van der Waals surface area contributed by atoms with Gasteiger partial charge in [-0.15, -0.1) is 0 Å². The summed E-state index contributed by atoms with van der Waals surface area (Å²) >= 11 is 0. The topological polar surface area (TPSA) is 20.3 Å². The van der Waals surface area contributed by atoms with Gasteiger partial charge in [-0.3, -0.25) is 4.79 Å². The van der Waals surface area contributed by atoms with Crippen LogP contribution in [-0.4, -0.2) is 23.4 Å². The van der Waals surface area contributed by atoms with Gasteiger partial charge >= 0.3 is 0 Å². The van der Waals surface area contributed by atoms with Crippen molar-refractivity contribution in [1.82, 2.24) is 4.90 Å². The highest BCUT2D eigenvalue weighted by atomic mass is 16.2. The van der Waals surface area contributed by atoms with Crippen molar-refractivity contribution in [2.45, 2.75) is 97.9 Å². The third kappa shape index (κ3) is 9.07. The third-order valence-corrected chi connectivity index (χ3v) is 3.94. The first-order chi connectivity index (χ1) is 9.17. The van der Waals surface area contributed by atoms with Crippen molar-refractivity contribution in [3.8, 4) is 0 Å². The molecule has 0 saturated carbocycles. The van der Waals surface area contributed by atoms with Gasteiger partial charge in [-0.25, -0.2) is 0 Å². The van der Waals surface area contributed by atoms with Gasteiger partial charge in [0.15, 0.2) is 0 Å². The Balaban J connectivity index is 4.05. The summed E-state index contributed by atoms with van der Waals surface area (Å²) in [5, 5.41) is 0. The molecule has 0 aromatic carbocycles. The van der Waals surface area contributed by atoms with Crippen molar-refractivity contribution in [3.05, 3.63) is 0 Å². The Bertz CT molecular complexity index is 215. The van der Waals surface area contributed by atoms with Crippen molar-refractivity contribution in [1.29, 1.82) is 0 Å². The largest absolute Gasteiger partial charge is 0.340 e. The second-order valence-corrected chi connectivity index (χ2v) is 5.72. The van der Waals surface area contributed by atoms with E-state index in [1.807, 2.05) is 0 Å². The lowest BCUT2D eigenvalue weighted by Gasteiger charge is -2.29. The van der Waals surface area contributed by atoms with Crippen LogP contribution in [0.5, 0.6) is 0 Å². The third-order valence-electron chi connectivity index (χ3n) is 3.94. The predicted octanol–water partition coefficient (Wildman–Crippen LogP) is 5.16. The maximum atomic E-state index is 12.3. The number of nitrogens with zero attached hydrogens (tertiary/aromatic N) is 1. The molecule has 1 amide bonds. The smallest absolute Gasteiger partial charge is 0.222 e. The summed E-state index contributed by atoms with van der Waals surface area (Å²) in [6.07, 6.45) is 11.5. The summed E-state index contributed by atoms with van der Waals surface area (Å²) in [5.41, 5.74) is 0. The minimum Gasteiger partial charge on any atom is -0.340 e. The normalized spacial score (nSPS) is 12.4. The number of hydrogen-bond acceptors (Lipinski definition) is 1. The molecular formula is C17H35NO. The zero-order valence-electron chi connectivity index (χ0n) is 13.7. The molecule has 0 aromatic rings. The Kier molecular flexibility index (Phi) is 12.2. The molecule has 1 unspecified atom stereocenters. The molecule has 1 atom stereocenters. The van der Waals surface area contributed by atoms with Crippen LogP contribution in [0.4, 0.5) is 0 Å². The van der Waals surface area contributed by atoms with Gasteiger partial charge < -0.3 is 4.90 Å². The molecule has 2 nitrogen and oxygen atoms in total. The monoisotopic (exact) mass is 269 g/mol. The van der Waals surface area contributed by atoms with E-state index in [1.54, 1.807) is 0 Å². The predicted molar refractivity (Wildman–Crippen MR) is 84.4 cm³/mol. The first kappa shape index (κ1) is 18.5. The first-order valence-electron chi connectivity index (χ1n) is 8.46. The van der Waals surface area contributed by atoms with Gasteiger partial charge in [0.05, 0.1) is 0 Å². The van der Waals surface area contributed by atoms with E-state index in [2.05, 4.69) is 32.6 Å². The number of carbonyl (C=O) groups is 1. The van der Waals surface area contributed by atoms with E-state index in [0.29, 0.717) is 11.9 Å². The molecule has 0 aliphatic heterocycles. The van der Waals surface area contributed by atoms with E-state index >= 15 is 0 Å². The quantitative estimate of drug-likeness (QED) is 0.448. The van der Waals surface area contributed by atoms with Crippen LogP contribution in [0, 0.1) is 0 Å². The van der Waals surface area contributed by atoms with Crippen LogP contribution in [0.15, 0.2) is 0 Å². The number of carbonyl (C=O) groups excluding carboxylic acids is 1. The maximum Gasteiger partial charge on any atom is 0.222 e. The lowest BCUT2D eigenvalue weighted by molar-refractivity contribution is -0.133. The highest BCUT2D eigenvalue weighted by Gasteiger charge is 2.17. The number of amides is 1. The van der Waals surface area contributed by atoms with Crippen molar-refractivity contribution < 1.29 is 4.79 Å². The van der Waals surface area contributed by atoms with E-state index in [9.17, 15) is 4.79 Å². The van der Waals surface area contributed by atoms with Crippen molar-refractivity contribution in [2.75, 3.05) is 6.54 Å². The summed E-state index contributed by atoms with van der Waals surface area (Å²) in [6, 6.07) is 0.403. The molecule has 0 bridgehead atoms. The minimum atomic E-state index is 0.377. The number of rotatable bonds is 12. The van der Waals surface area contributed by atoms with Crippen molar-refractivity contribution in [3.63, 3.8) is 0 Å². The molecule has 0 aliphatic rings. The highest BCUT2D eigenvalue weighted by Crippen LogP contribution is 2.12. The second-order valence-electron chi connectivity index (χ2n) is 5.72. The van der Waals surface area contributed by atoms with Crippen molar-refractivity contribution in [2.24, 2.45) is 0 Å². The summed E-state index contributed by atoms with van der Waals surface area (Å²) in [5.74, 6) is 0.377. The molecule has 0 aromatic heterocycles. The van der Waals surface area contributed by atoms with Gasteiger partial charge in [0.2, 0.25) is 5.91 Å². The maximum absolute atomic E-state index is 12.3. The average Bonchev–Trinajstić information content (AvgIpc) is 2.42. The molecule has 0 fully saturated rings. The van der Waals surface area contributed by atoms with Gasteiger partial charge in [-0.2, -0.15) is 0 Å². The van der Waals surface area contributed by atoms with Crippen LogP contribution >= 0.6 is 0 Å². The van der Waals surface area contributed by atoms with E-state index in [1.165, 1.54) is 44.9 Å². The van der Waals surface area contributed by atoms with Crippen LogP contribution in [0.3, 0.4) is 0 Å². The van der Waals surface area contributed by atoms with Gasteiger partial charge in [-0.05, 0) is 26.2 Å². The van der Waals surface area contributed by atoms with Crippen LogP contribution in [0.2, 0.25) is 0 Å². The Morgan fingerprint density at radius 1 is 0.895 bits per heavy atom. The summed E-state index contributed by atoms with van der Waals surface area (Å²) in [4.78, 5) is 14.4. The van der Waals surface area contributed by atoms with E-state index in [4.69, 9.17) is 0 Å². The van der Waals surface area contributed by atoms with Gasteiger partial charge in [-0.1, -0.05) is 59.3 Å². The fourth-order valence-electron chi connectivity index (χ4n) is 2.37. The lowest BCUT2D eigenvalue weighted by Crippen LogP contribution is -2.38. The Hall–Kier alpha value is -0.530. The number of unbranched alkanes of at least 4 members (excludes halogenated alkanes) is 6. The van der Waals surface area contributed by atoms with Crippen molar-refractivity contribution >= 4 is 5.91 Å². The van der Waals surface area contributed by atoms with Crippen LogP contribution in [0.1, 0.15) is 91.9 Å². The summed E-state index contributed by atoms with van der Waals surface area (Å²) in [7, 11) is 0. The molecule has 19 heavy (non-hydrogen) atoms. The zero-order chi connectivity index (χ0) is 14.5. The van der Waals surface area contributed by atoms with Gasteiger partial charge in [0, 0.05) is 19.0 Å². The molecule has 0 spiro atoms. The zero-order valence-corrected chi connectivity index (χ0v) is 13.7. The van der Waals surface area contributed by atoms with Crippen LogP contribution in [0.25, 0.3) is 0 Å². The molecule has 114 valence electrons. The Labute approximate surface area is 120 Å². The summed E-state index contributed by atoms with van der Waals surface area (Å²) in [6.45, 7) is 9.76. The fraction of sp³-hybridized carbons (Fsp3) is 0.941. The van der Waals surface area contributed by atoms with Gasteiger partial charge in [0.25, 0.3) is 0 Å². The molecule has 0 radical (unpaired) electrons. The molecule has 0 saturated heterocycles. The van der Waals surface area contributed by atoms with Crippen LogP contribution < -0.4 is 0 Å². The van der Waals surface area contributed by atoms with E-state index in [0.717, 1.165) is 25.8 Å². The molecule has 0 rings (SSSR count). The Morgan fingerprint density at radius 2 is 1.47 bits per heavy atom. The molecule has 0 aliphatic carbocycles. The first-order valence-corrected chi connectivity index (χ1v) is 8.46. The Morgan fingerprint density at radius 3 is 2.00 bits per heavy atom. The number of hydrogen-bond donors (Lipinski definition) is 0. The molecule has 0 heterocycles.